The van der Waals surface area contributed by atoms with Crippen molar-refractivity contribution in [2.75, 3.05) is 90.1 Å². The van der Waals surface area contributed by atoms with Crippen molar-refractivity contribution >= 4 is 38.9 Å². The van der Waals surface area contributed by atoms with Gasteiger partial charge >= 0.3 is 6.18 Å². The number of nitriles is 1. The highest BCUT2D eigenvalue weighted by Gasteiger charge is 2.49. The van der Waals surface area contributed by atoms with Crippen molar-refractivity contribution in [1.82, 2.24) is 14.1 Å². The number of alkyl halides is 3. The average molecular weight is 678 g/mol. The van der Waals surface area contributed by atoms with Gasteiger partial charge in [-0.05, 0) is 63.7 Å². The van der Waals surface area contributed by atoms with Gasteiger partial charge in [0.05, 0.1) is 61.7 Å². The molecule has 3 rings (SSSR count). The molecule has 0 radical (unpaired) electrons. The van der Waals surface area contributed by atoms with Gasteiger partial charge in [0, 0.05) is 39.8 Å². The van der Waals surface area contributed by atoms with Crippen LogP contribution in [0.5, 0.6) is 0 Å². The molecule has 45 heavy (non-hydrogen) atoms. The second kappa shape index (κ2) is 16.4. The van der Waals surface area contributed by atoms with Gasteiger partial charge in [-0.2, -0.15) is 22.7 Å². The van der Waals surface area contributed by atoms with E-state index in [1.807, 2.05) is 0 Å². The number of thiocarbonyl (C=S) groups is 1. The Morgan fingerprint density at radius 1 is 0.978 bits per heavy atom. The summed E-state index contributed by atoms with van der Waals surface area (Å²) in [5.74, 6) is -0.509. The summed E-state index contributed by atoms with van der Waals surface area (Å²) in [6, 6.07) is 4.70. The molecular weight excluding hydrogens is 635 g/mol. The first-order valence-corrected chi connectivity index (χ1v) is 16.9. The van der Waals surface area contributed by atoms with E-state index in [9.17, 15) is 26.4 Å². The minimum absolute atomic E-state index is 0.0242. The topological polar surface area (TPSA) is 116 Å². The van der Waals surface area contributed by atoms with E-state index < -0.39 is 38.8 Å². The predicted molar refractivity (Wildman–Crippen MR) is 166 cm³/mol. The second-order valence-electron chi connectivity index (χ2n) is 11.3. The third kappa shape index (κ3) is 9.80. The minimum atomic E-state index is -4.75. The lowest BCUT2D eigenvalue weighted by Gasteiger charge is -2.34. The molecule has 0 aliphatic carbocycles. The second-order valence-corrected chi connectivity index (χ2v) is 13.8. The minimum Gasteiger partial charge on any atom is -0.382 e. The Morgan fingerprint density at radius 3 is 2.22 bits per heavy atom. The number of carbonyl (C=O) groups is 1. The maximum absolute atomic E-state index is 13.5. The van der Waals surface area contributed by atoms with Gasteiger partial charge in [-0.1, -0.05) is 6.42 Å². The van der Waals surface area contributed by atoms with Crippen LogP contribution in [0.3, 0.4) is 0 Å². The molecule has 2 fully saturated rings. The maximum Gasteiger partial charge on any atom is 0.417 e. The first kappa shape index (κ1) is 37.1. The van der Waals surface area contributed by atoms with Crippen molar-refractivity contribution < 1.29 is 40.6 Å². The van der Waals surface area contributed by atoms with Crippen LogP contribution in [0.4, 0.5) is 18.9 Å². The highest BCUT2D eigenvalue weighted by molar-refractivity contribution is 7.89. The summed E-state index contributed by atoms with van der Waals surface area (Å²) >= 11 is 5.55. The lowest BCUT2D eigenvalue weighted by atomic mass is 10.0. The number of anilines is 1. The lowest BCUT2D eigenvalue weighted by molar-refractivity contribution is -0.137. The van der Waals surface area contributed by atoms with Gasteiger partial charge < -0.3 is 24.0 Å². The number of carbonyl (C=O) groups excluding carboxylic acids is 1. The number of methoxy groups -OCH3 is 1. The first-order chi connectivity index (χ1) is 21.2. The van der Waals surface area contributed by atoms with E-state index in [1.54, 1.807) is 31.9 Å². The Hall–Kier alpha value is -2.39. The molecular formula is C29H42F3N5O6S2. The van der Waals surface area contributed by atoms with Crippen molar-refractivity contribution in [2.45, 2.75) is 44.8 Å². The molecule has 2 aliphatic rings. The molecule has 2 saturated heterocycles. The van der Waals surface area contributed by atoms with E-state index in [1.165, 1.54) is 10.4 Å². The van der Waals surface area contributed by atoms with E-state index in [4.69, 9.17) is 31.7 Å². The van der Waals surface area contributed by atoms with Crippen LogP contribution < -0.4 is 4.90 Å². The number of sulfonamides is 1. The third-order valence-corrected chi connectivity index (χ3v) is 10.1. The molecule has 0 atom stereocenters. The van der Waals surface area contributed by atoms with Crippen LogP contribution in [0, 0.1) is 11.3 Å². The number of hydrogen-bond acceptors (Lipinski definition) is 9. The largest absolute Gasteiger partial charge is 0.417 e. The van der Waals surface area contributed by atoms with Crippen molar-refractivity contribution in [3.8, 4) is 6.07 Å². The molecule has 16 heteroatoms. The summed E-state index contributed by atoms with van der Waals surface area (Å²) < 4.78 is 83.0. The van der Waals surface area contributed by atoms with Gasteiger partial charge in [-0.15, -0.1) is 0 Å². The molecule has 1 aromatic rings. The molecule has 1 aromatic carbocycles. The Morgan fingerprint density at radius 2 is 1.60 bits per heavy atom. The Labute approximate surface area is 268 Å². The smallest absolute Gasteiger partial charge is 0.382 e. The molecule has 0 aromatic heterocycles. The summed E-state index contributed by atoms with van der Waals surface area (Å²) in [6.07, 6.45) is -2.37. The number of rotatable bonds is 17. The van der Waals surface area contributed by atoms with Crippen LogP contribution >= 0.6 is 12.2 Å². The number of ether oxygens (including phenoxy) is 3. The number of piperazine rings is 1. The summed E-state index contributed by atoms with van der Waals surface area (Å²) in [4.78, 5) is 18.3. The fourth-order valence-electron chi connectivity index (χ4n) is 5.21. The summed E-state index contributed by atoms with van der Waals surface area (Å²) in [6.45, 7) is 8.49. The van der Waals surface area contributed by atoms with Crippen LogP contribution in [0.25, 0.3) is 0 Å². The Kier molecular flexibility index (Phi) is 13.5. The molecule has 2 heterocycles. The van der Waals surface area contributed by atoms with E-state index >= 15 is 0 Å². The SMILES string of the molecule is COCCOCCOCCS(=O)(=O)N1CCN(CCCCCN2C(=S)N(c3ccc(C#N)c(C(F)(F)F)c3)C(=O)C2(C)C)CC1. The summed E-state index contributed by atoms with van der Waals surface area (Å²) in [7, 11) is -1.82. The van der Waals surface area contributed by atoms with Crippen LogP contribution in [0.2, 0.25) is 0 Å². The zero-order valence-electron chi connectivity index (χ0n) is 26.0. The molecule has 252 valence electrons. The van der Waals surface area contributed by atoms with Crippen LogP contribution in [0.1, 0.15) is 44.2 Å². The van der Waals surface area contributed by atoms with Crippen molar-refractivity contribution in [1.29, 1.82) is 5.26 Å². The number of hydrogen-bond donors (Lipinski definition) is 0. The fourth-order valence-corrected chi connectivity index (χ4v) is 7.03. The number of nitrogens with zero attached hydrogens (tertiary/aromatic N) is 5. The molecule has 0 N–H and O–H groups in total. The van der Waals surface area contributed by atoms with Gasteiger partial charge in [0.15, 0.2) is 5.11 Å². The van der Waals surface area contributed by atoms with Crippen molar-refractivity contribution in [2.24, 2.45) is 0 Å². The molecule has 0 saturated carbocycles. The molecule has 0 spiro atoms. The van der Waals surface area contributed by atoms with Crippen LogP contribution in [-0.4, -0.2) is 124 Å². The van der Waals surface area contributed by atoms with Gasteiger partial charge in [0.25, 0.3) is 5.91 Å². The molecule has 1 amide bonds. The van der Waals surface area contributed by atoms with E-state index in [0.717, 1.165) is 36.4 Å². The summed E-state index contributed by atoms with van der Waals surface area (Å²) in [5.41, 5.74) is -2.71. The molecule has 0 bridgehead atoms. The first-order valence-electron chi connectivity index (χ1n) is 14.9. The van der Waals surface area contributed by atoms with Crippen LogP contribution in [0.15, 0.2) is 18.2 Å². The van der Waals surface area contributed by atoms with Gasteiger partial charge in [-0.3, -0.25) is 9.69 Å². The zero-order valence-corrected chi connectivity index (χ0v) is 27.6. The highest BCUT2D eigenvalue weighted by atomic mass is 32.2. The Bertz CT molecular complexity index is 1310. The average Bonchev–Trinajstić information content (AvgIpc) is 3.16. The molecule has 2 aliphatic heterocycles. The number of benzene rings is 1. The highest BCUT2D eigenvalue weighted by Crippen LogP contribution is 2.38. The third-order valence-electron chi connectivity index (χ3n) is 7.88. The molecule has 0 unspecified atom stereocenters. The van der Waals surface area contributed by atoms with Gasteiger partial charge in [0.1, 0.15) is 5.54 Å². The fraction of sp³-hybridized carbons (Fsp3) is 0.690. The van der Waals surface area contributed by atoms with Crippen LogP contribution in [-0.2, 0) is 35.2 Å². The van der Waals surface area contributed by atoms with Crippen molar-refractivity contribution in [3.63, 3.8) is 0 Å². The number of amides is 1. The lowest BCUT2D eigenvalue weighted by Crippen LogP contribution is -2.49. The number of unbranched alkanes of at least 4 members (excludes halogenated alkanes) is 2. The zero-order chi connectivity index (χ0) is 33.3. The predicted octanol–water partition coefficient (Wildman–Crippen LogP) is 3.09. The van der Waals surface area contributed by atoms with E-state index in [2.05, 4.69) is 4.90 Å². The quantitative estimate of drug-likeness (QED) is 0.180. The molecule has 11 nitrogen and oxygen atoms in total. The van der Waals surface area contributed by atoms with Crippen molar-refractivity contribution in [3.05, 3.63) is 29.3 Å². The van der Waals surface area contributed by atoms with Gasteiger partial charge in [0.2, 0.25) is 10.0 Å². The van der Waals surface area contributed by atoms with Gasteiger partial charge in [-0.25, -0.2) is 8.42 Å². The monoisotopic (exact) mass is 677 g/mol. The van der Waals surface area contributed by atoms with E-state index in [-0.39, 0.29) is 23.2 Å². The maximum atomic E-state index is 13.5. The standard InChI is InChI=1S/C29H42F3N5O6S2/c1-28(2)26(38)37(24-8-7-23(22-33)25(21-24)29(30,31)32)27(44)36(28)10-6-4-5-9-34-11-13-35(14-12-34)45(39,40)20-19-43-18-17-42-16-15-41-3/h7-8,21H,4-6,9-20H2,1-3H3. The normalized spacial score (nSPS) is 18.2. The van der Waals surface area contributed by atoms with E-state index in [0.29, 0.717) is 65.6 Å². The summed E-state index contributed by atoms with van der Waals surface area (Å²) in [5, 5.41) is 9.22. The Balaban J connectivity index is 1.40. The number of halogens is 3.